The number of aromatic amines is 1. The zero-order chi connectivity index (χ0) is 20.3. The second kappa shape index (κ2) is 8.08. The third-order valence-electron chi connectivity index (χ3n) is 5.09. The molecular weight excluding hydrogens is 396 g/mol. The average molecular weight is 417 g/mol. The summed E-state index contributed by atoms with van der Waals surface area (Å²) in [6, 6.07) is 17.3. The van der Waals surface area contributed by atoms with Gasteiger partial charge in [0, 0.05) is 24.3 Å². The molecule has 4 aromatic rings. The highest BCUT2D eigenvalue weighted by Crippen LogP contribution is 2.25. The van der Waals surface area contributed by atoms with E-state index in [4.69, 9.17) is 0 Å². The molecule has 0 aliphatic carbocycles. The van der Waals surface area contributed by atoms with E-state index in [0.29, 0.717) is 11.4 Å². The lowest BCUT2D eigenvalue weighted by Gasteiger charge is -2.15. The number of benzene rings is 1. The first kappa shape index (κ1) is 18.5. The fourth-order valence-electron chi connectivity index (χ4n) is 3.54. The Bertz CT molecular complexity index is 1150. The van der Waals surface area contributed by atoms with E-state index >= 15 is 0 Å². The van der Waals surface area contributed by atoms with Crippen LogP contribution in [0.25, 0.3) is 21.8 Å². The molecule has 1 aromatic carbocycles. The zero-order valence-electron chi connectivity index (χ0n) is 16.2. The van der Waals surface area contributed by atoms with Crippen molar-refractivity contribution in [1.82, 2.24) is 20.4 Å². The third kappa shape index (κ3) is 3.81. The van der Waals surface area contributed by atoms with Crippen molar-refractivity contribution in [3.05, 3.63) is 65.7 Å². The standard InChI is InChI=1S/C22H20N6OS/c29-22(19-14-18(25-26-19)20-7-4-12-30-20)23-16-6-3-5-15(13-16)17-8-9-21(27-24-17)28-10-1-2-11-28/h3-9,12-14H,1-2,10-11H2,(H,23,29)(H,25,26). The van der Waals surface area contributed by atoms with E-state index in [-0.39, 0.29) is 5.91 Å². The summed E-state index contributed by atoms with van der Waals surface area (Å²) in [5, 5.41) is 20.7. The quantitative estimate of drug-likeness (QED) is 0.502. The van der Waals surface area contributed by atoms with Gasteiger partial charge < -0.3 is 10.2 Å². The maximum Gasteiger partial charge on any atom is 0.276 e. The number of aromatic nitrogens is 4. The van der Waals surface area contributed by atoms with Gasteiger partial charge in [0.05, 0.1) is 16.3 Å². The summed E-state index contributed by atoms with van der Waals surface area (Å²) in [6.45, 7) is 2.08. The summed E-state index contributed by atoms with van der Waals surface area (Å²) in [5.74, 6) is 0.655. The Morgan fingerprint density at radius 2 is 1.93 bits per heavy atom. The molecule has 1 aliphatic heterocycles. The lowest BCUT2D eigenvalue weighted by molar-refractivity contribution is 0.102. The highest BCUT2D eigenvalue weighted by molar-refractivity contribution is 7.13. The van der Waals surface area contributed by atoms with Gasteiger partial charge >= 0.3 is 0 Å². The highest BCUT2D eigenvalue weighted by atomic mass is 32.1. The molecule has 0 radical (unpaired) electrons. The van der Waals surface area contributed by atoms with E-state index in [9.17, 15) is 4.79 Å². The van der Waals surface area contributed by atoms with Crippen LogP contribution in [0.4, 0.5) is 11.5 Å². The van der Waals surface area contributed by atoms with Crippen LogP contribution in [-0.4, -0.2) is 39.4 Å². The van der Waals surface area contributed by atoms with E-state index in [2.05, 4.69) is 30.6 Å². The molecule has 0 spiro atoms. The second-order valence-corrected chi connectivity index (χ2v) is 8.10. The molecule has 2 N–H and O–H groups in total. The molecule has 0 bridgehead atoms. The molecule has 0 unspecified atom stereocenters. The van der Waals surface area contributed by atoms with Gasteiger partial charge in [-0.05, 0) is 54.6 Å². The summed E-state index contributed by atoms with van der Waals surface area (Å²) >= 11 is 1.59. The molecule has 0 atom stereocenters. The Hall–Kier alpha value is -3.52. The van der Waals surface area contributed by atoms with Crippen molar-refractivity contribution in [2.45, 2.75) is 12.8 Å². The van der Waals surface area contributed by atoms with Crippen LogP contribution in [0, 0.1) is 0 Å². The molecule has 8 heteroatoms. The number of anilines is 2. The Morgan fingerprint density at radius 3 is 2.70 bits per heavy atom. The molecule has 1 fully saturated rings. The summed E-state index contributed by atoms with van der Waals surface area (Å²) < 4.78 is 0. The number of nitrogens with one attached hydrogen (secondary N) is 2. The summed E-state index contributed by atoms with van der Waals surface area (Å²) in [5.41, 5.74) is 3.53. The van der Waals surface area contributed by atoms with Gasteiger partial charge in [-0.3, -0.25) is 9.89 Å². The Kier molecular flexibility index (Phi) is 4.98. The number of hydrogen-bond donors (Lipinski definition) is 2. The van der Waals surface area contributed by atoms with Crippen LogP contribution >= 0.6 is 11.3 Å². The van der Waals surface area contributed by atoms with Crippen molar-refractivity contribution in [2.75, 3.05) is 23.3 Å². The summed E-state index contributed by atoms with van der Waals surface area (Å²) in [6.07, 6.45) is 2.41. The van der Waals surface area contributed by atoms with Crippen LogP contribution in [0.1, 0.15) is 23.3 Å². The van der Waals surface area contributed by atoms with Gasteiger partial charge in [-0.2, -0.15) is 5.10 Å². The normalized spacial score (nSPS) is 13.5. The van der Waals surface area contributed by atoms with E-state index in [0.717, 1.165) is 40.7 Å². The second-order valence-electron chi connectivity index (χ2n) is 7.15. The maximum atomic E-state index is 12.6. The van der Waals surface area contributed by atoms with Crippen LogP contribution in [0.3, 0.4) is 0 Å². The maximum absolute atomic E-state index is 12.6. The number of nitrogens with zero attached hydrogens (tertiary/aromatic N) is 4. The van der Waals surface area contributed by atoms with E-state index in [1.807, 2.05) is 53.9 Å². The van der Waals surface area contributed by atoms with Crippen molar-refractivity contribution < 1.29 is 4.79 Å². The number of hydrogen-bond acceptors (Lipinski definition) is 6. The first-order chi connectivity index (χ1) is 14.8. The first-order valence-electron chi connectivity index (χ1n) is 9.86. The van der Waals surface area contributed by atoms with Crippen molar-refractivity contribution in [2.24, 2.45) is 0 Å². The number of H-pyrrole nitrogens is 1. The van der Waals surface area contributed by atoms with Gasteiger partial charge in [0.1, 0.15) is 0 Å². The van der Waals surface area contributed by atoms with Crippen molar-refractivity contribution in [1.29, 1.82) is 0 Å². The van der Waals surface area contributed by atoms with Crippen LogP contribution in [0.15, 0.2) is 60.0 Å². The van der Waals surface area contributed by atoms with Crippen LogP contribution in [0.5, 0.6) is 0 Å². The number of thiophene rings is 1. The minimum Gasteiger partial charge on any atom is -0.355 e. The van der Waals surface area contributed by atoms with Crippen molar-refractivity contribution >= 4 is 28.7 Å². The molecule has 1 saturated heterocycles. The molecule has 7 nitrogen and oxygen atoms in total. The summed E-state index contributed by atoms with van der Waals surface area (Å²) in [4.78, 5) is 15.9. The molecule has 4 heterocycles. The van der Waals surface area contributed by atoms with Gasteiger partial charge in [0.15, 0.2) is 11.5 Å². The molecule has 150 valence electrons. The molecule has 0 saturated carbocycles. The van der Waals surface area contributed by atoms with Crippen molar-refractivity contribution in [3.63, 3.8) is 0 Å². The number of carbonyl (C=O) groups excluding carboxylic acids is 1. The van der Waals surface area contributed by atoms with E-state index in [1.165, 1.54) is 12.8 Å². The Balaban J connectivity index is 1.30. The van der Waals surface area contributed by atoms with Gasteiger partial charge in [-0.25, -0.2) is 0 Å². The van der Waals surface area contributed by atoms with Crippen LogP contribution in [-0.2, 0) is 0 Å². The lowest BCUT2D eigenvalue weighted by Crippen LogP contribution is -2.19. The molecular formula is C22H20N6OS. The molecule has 3 aromatic heterocycles. The number of rotatable bonds is 5. The Morgan fingerprint density at radius 1 is 1.03 bits per heavy atom. The topological polar surface area (TPSA) is 86.8 Å². The molecule has 30 heavy (non-hydrogen) atoms. The highest BCUT2D eigenvalue weighted by Gasteiger charge is 2.15. The third-order valence-corrected chi connectivity index (χ3v) is 6.00. The average Bonchev–Trinajstić information content (AvgIpc) is 3.56. The van der Waals surface area contributed by atoms with Gasteiger partial charge in [-0.15, -0.1) is 21.5 Å². The first-order valence-corrected chi connectivity index (χ1v) is 10.7. The largest absolute Gasteiger partial charge is 0.355 e. The van der Waals surface area contributed by atoms with E-state index in [1.54, 1.807) is 17.4 Å². The minimum absolute atomic E-state index is 0.262. The van der Waals surface area contributed by atoms with Crippen LogP contribution in [0.2, 0.25) is 0 Å². The SMILES string of the molecule is O=C(Nc1cccc(-c2ccc(N3CCCC3)nn2)c1)c1cc(-c2cccs2)[nH]n1. The molecule has 1 amide bonds. The van der Waals surface area contributed by atoms with Gasteiger partial charge in [0.25, 0.3) is 5.91 Å². The lowest BCUT2D eigenvalue weighted by atomic mass is 10.1. The number of carbonyl (C=O) groups is 1. The number of amides is 1. The molecule has 5 rings (SSSR count). The van der Waals surface area contributed by atoms with Gasteiger partial charge in [-0.1, -0.05) is 18.2 Å². The zero-order valence-corrected chi connectivity index (χ0v) is 17.0. The predicted molar refractivity (Wildman–Crippen MR) is 119 cm³/mol. The van der Waals surface area contributed by atoms with Crippen LogP contribution < -0.4 is 10.2 Å². The van der Waals surface area contributed by atoms with E-state index < -0.39 is 0 Å². The fourth-order valence-corrected chi connectivity index (χ4v) is 4.23. The monoisotopic (exact) mass is 416 g/mol. The minimum atomic E-state index is -0.262. The Labute approximate surface area is 177 Å². The smallest absolute Gasteiger partial charge is 0.276 e. The van der Waals surface area contributed by atoms with Crippen molar-refractivity contribution in [3.8, 4) is 21.8 Å². The summed E-state index contributed by atoms with van der Waals surface area (Å²) in [7, 11) is 0. The fraction of sp³-hybridized carbons (Fsp3) is 0.182. The predicted octanol–water partition coefficient (Wildman–Crippen LogP) is 4.45. The molecule has 1 aliphatic rings. The van der Waals surface area contributed by atoms with Gasteiger partial charge in [0.2, 0.25) is 0 Å².